The van der Waals surface area contributed by atoms with Crippen molar-refractivity contribution in [2.75, 3.05) is 11.9 Å². The van der Waals surface area contributed by atoms with E-state index in [2.05, 4.69) is 15.0 Å². The molecule has 0 saturated heterocycles. The highest BCUT2D eigenvalue weighted by molar-refractivity contribution is 5.42. The van der Waals surface area contributed by atoms with E-state index in [0.29, 0.717) is 6.04 Å². The summed E-state index contributed by atoms with van der Waals surface area (Å²) in [5.74, 6) is -0.0305. The summed E-state index contributed by atoms with van der Waals surface area (Å²) in [6, 6.07) is 3.35. The summed E-state index contributed by atoms with van der Waals surface area (Å²) in [5, 5.41) is 3.15. The van der Waals surface area contributed by atoms with Crippen LogP contribution >= 0.6 is 0 Å². The van der Waals surface area contributed by atoms with Crippen LogP contribution in [0.1, 0.15) is 20.3 Å². The molecule has 0 bridgehead atoms. The molecule has 0 saturated carbocycles. The molecule has 96 valence electrons. The zero-order chi connectivity index (χ0) is 12.9. The van der Waals surface area contributed by atoms with Crippen LogP contribution in [-0.4, -0.2) is 23.8 Å². The molecule has 0 amide bonds. The highest BCUT2D eigenvalue weighted by Crippen LogP contribution is 2.18. The Morgan fingerprint density at radius 2 is 2.12 bits per heavy atom. The fraction of sp³-hybridized carbons (Fsp3) is 0.545. The van der Waals surface area contributed by atoms with Crippen LogP contribution in [0.5, 0.6) is 5.88 Å². The Morgan fingerprint density at radius 3 is 2.59 bits per heavy atom. The first kappa shape index (κ1) is 13.6. The number of pyridine rings is 1. The maximum atomic E-state index is 11.9. The number of hydrogen-bond acceptors (Lipinski definition) is 3. The Hall–Kier alpha value is -1.46. The summed E-state index contributed by atoms with van der Waals surface area (Å²) in [7, 11) is 0. The lowest BCUT2D eigenvalue weighted by molar-refractivity contribution is -0.154. The van der Waals surface area contributed by atoms with Crippen molar-refractivity contribution in [2.24, 2.45) is 0 Å². The molecule has 1 aromatic heterocycles. The molecular formula is C11H15F3N2O. The topological polar surface area (TPSA) is 34.1 Å². The minimum Gasteiger partial charge on any atom is -0.468 e. The molecule has 0 spiro atoms. The normalized spacial score (nSPS) is 13.2. The van der Waals surface area contributed by atoms with Gasteiger partial charge < -0.3 is 10.1 Å². The van der Waals surface area contributed by atoms with Crippen molar-refractivity contribution < 1.29 is 17.9 Å². The largest absolute Gasteiger partial charge is 0.468 e. The summed E-state index contributed by atoms with van der Waals surface area (Å²) in [4.78, 5) is 3.78. The third-order valence-electron chi connectivity index (χ3n) is 2.15. The molecule has 1 atom stereocenters. The van der Waals surface area contributed by atoms with E-state index in [9.17, 15) is 13.2 Å². The third-order valence-corrected chi connectivity index (χ3v) is 2.15. The molecule has 1 aromatic rings. The van der Waals surface area contributed by atoms with Crippen molar-refractivity contribution in [3.8, 4) is 5.88 Å². The van der Waals surface area contributed by atoms with Crippen LogP contribution in [0.15, 0.2) is 18.3 Å². The summed E-state index contributed by atoms with van der Waals surface area (Å²) in [6.07, 6.45) is -1.93. The average molecular weight is 248 g/mol. The number of alkyl halides is 3. The molecule has 1 heterocycles. The van der Waals surface area contributed by atoms with Crippen molar-refractivity contribution in [2.45, 2.75) is 32.5 Å². The summed E-state index contributed by atoms with van der Waals surface area (Å²) in [5.41, 5.74) is 0.763. The number of nitrogens with one attached hydrogen (secondary N) is 1. The van der Waals surface area contributed by atoms with Crippen molar-refractivity contribution in [1.29, 1.82) is 0 Å². The van der Waals surface area contributed by atoms with Gasteiger partial charge in [-0.15, -0.1) is 0 Å². The van der Waals surface area contributed by atoms with Gasteiger partial charge in [0.05, 0.1) is 11.9 Å². The van der Waals surface area contributed by atoms with Crippen LogP contribution in [0, 0.1) is 0 Å². The highest BCUT2D eigenvalue weighted by atomic mass is 19.4. The van der Waals surface area contributed by atoms with Crippen LogP contribution in [0.4, 0.5) is 18.9 Å². The fourth-order valence-electron chi connectivity index (χ4n) is 1.09. The van der Waals surface area contributed by atoms with Gasteiger partial charge in [0.25, 0.3) is 0 Å². The van der Waals surface area contributed by atoms with Crippen LogP contribution in [-0.2, 0) is 0 Å². The second-order valence-electron chi connectivity index (χ2n) is 3.74. The van der Waals surface area contributed by atoms with Crippen molar-refractivity contribution in [3.63, 3.8) is 0 Å². The van der Waals surface area contributed by atoms with Gasteiger partial charge in [-0.05, 0) is 19.4 Å². The molecule has 1 rings (SSSR count). The van der Waals surface area contributed by atoms with Gasteiger partial charge in [-0.1, -0.05) is 6.92 Å². The lowest BCUT2D eigenvalue weighted by Crippen LogP contribution is -2.19. The zero-order valence-electron chi connectivity index (χ0n) is 9.71. The molecular weight excluding hydrogens is 233 g/mol. The van der Waals surface area contributed by atoms with Crippen LogP contribution in [0.3, 0.4) is 0 Å². The first-order valence-corrected chi connectivity index (χ1v) is 5.33. The van der Waals surface area contributed by atoms with Gasteiger partial charge in [0.2, 0.25) is 5.88 Å². The minimum absolute atomic E-state index is 0.0305. The van der Waals surface area contributed by atoms with Crippen LogP contribution in [0.25, 0.3) is 0 Å². The Morgan fingerprint density at radius 1 is 1.41 bits per heavy atom. The van der Waals surface area contributed by atoms with Gasteiger partial charge in [-0.2, -0.15) is 13.2 Å². The van der Waals surface area contributed by atoms with Gasteiger partial charge in [0.1, 0.15) is 0 Å². The number of halogens is 3. The predicted molar refractivity (Wildman–Crippen MR) is 59.2 cm³/mol. The summed E-state index contributed by atoms with van der Waals surface area (Å²) in [6.45, 7) is 2.72. The Balaban J connectivity index is 2.50. The number of ether oxygens (including phenoxy) is 1. The van der Waals surface area contributed by atoms with Gasteiger partial charge in [0.15, 0.2) is 6.61 Å². The van der Waals surface area contributed by atoms with E-state index in [4.69, 9.17) is 0 Å². The lowest BCUT2D eigenvalue weighted by Gasteiger charge is -2.13. The maximum Gasteiger partial charge on any atom is 0.422 e. The van der Waals surface area contributed by atoms with Gasteiger partial charge in [-0.25, -0.2) is 4.98 Å². The summed E-state index contributed by atoms with van der Waals surface area (Å²) >= 11 is 0. The van der Waals surface area contributed by atoms with E-state index in [0.717, 1.165) is 12.1 Å². The molecule has 1 N–H and O–H groups in total. The summed E-state index contributed by atoms with van der Waals surface area (Å²) < 4.78 is 40.1. The van der Waals surface area contributed by atoms with E-state index in [1.165, 1.54) is 12.3 Å². The van der Waals surface area contributed by atoms with Crippen LogP contribution in [0.2, 0.25) is 0 Å². The number of nitrogens with zero attached hydrogens (tertiary/aromatic N) is 1. The van der Waals surface area contributed by atoms with Crippen molar-refractivity contribution in [1.82, 2.24) is 4.98 Å². The molecule has 17 heavy (non-hydrogen) atoms. The van der Waals surface area contributed by atoms with Crippen LogP contribution < -0.4 is 10.1 Å². The highest BCUT2D eigenvalue weighted by Gasteiger charge is 2.28. The Bertz CT molecular complexity index is 338. The number of rotatable bonds is 5. The first-order valence-electron chi connectivity index (χ1n) is 5.33. The van der Waals surface area contributed by atoms with Gasteiger partial charge >= 0.3 is 6.18 Å². The molecule has 0 aromatic carbocycles. The van der Waals surface area contributed by atoms with Crippen molar-refractivity contribution in [3.05, 3.63) is 18.3 Å². The number of anilines is 1. The van der Waals surface area contributed by atoms with E-state index in [-0.39, 0.29) is 5.88 Å². The molecule has 0 fully saturated rings. The predicted octanol–water partition coefficient (Wildman–Crippen LogP) is 3.23. The second kappa shape index (κ2) is 5.75. The fourth-order valence-corrected chi connectivity index (χ4v) is 1.09. The molecule has 0 aliphatic carbocycles. The van der Waals surface area contributed by atoms with Crippen molar-refractivity contribution >= 4 is 5.69 Å². The number of hydrogen-bond donors (Lipinski definition) is 1. The average Bonchev–Trinajstić information content (AvgIpc) is 2.27. The maximum absolute atomic E-state index is 11.9. The molecule has 6 heteroatoms. The first-order chi connectivity index (χ1) is 7.90. The molecule has 0 aliphatic heterocycles. The SMILES string of the molecule is CCC(C)Nc1ccc(OCC(F)(F)F)nc1. The molecule has 0 aliphatic rings. The second-order valence-corrected chi connectivity index (χ2v) is 3.74. The molecule has 3 nitrogen and oxygen atoms in total. The van der Waals surface area contributed by atoms with E-state index < -0.39 is 12.8 Å². The third kappa shape index (κ3) is 5.42. The molecule has 0 radical (unpaired) electrons. The number of aromatic nitrogens is 1. The van der Waals surface area contributed by atoms with Gasteiger partial charge in [-0.3, -0.25) is 0 Å². The smallest absolute Gasteiger partial charge is 0.422 e. The van der Waals surface area contributed by atoms with E-state index >= 15 is 0 Å². The van der Waals surface area contributed by atoms with Gasteiger partial charge in [0, 0.05) is 12.1 Å². The quantitative estimate of drug-likeness (QED) is 0.868. The Labute approximate surface area is 98.0 Å². The minimum atomic E-state index is -4.34. The van der Waals surface area contributed by atoms with E-state index in [1.807, 2.05) is 13.8 Å². The molecule has 1 unspecified atom stereocenters. The lowest BCUT2D eigenvalue weighted by atomic mass is 10.2. The van der Waals surface area contributed by atoms with E-state index in [1.54, 1.807) is 6.07 Å². The zero-order valence-corrected chi connectivity index (χ0v) is 9.71. The monoisotopic (exact) mass is 248 g/mol. The Kier molecular flexibility index (Phi) is 4.60. The standard InChI is InChI=1S/C11H15F3N2O/c1-3-8(2)16-9-4-5-10(15-6-9)17-7-11(12,13)14/h4-6,8,16H,3,7H2,1-2H3.